The van der Waals surface area contributed by atoms with E-state index in [9.17, 15) is 9.90 Å². The molecule has 3 aromatic carbocycles. The largest absolute Gasteiger partial charge is 0.508 e. The summed E-state index contributed by atoms with van der Waals surface area (Å²) in [4.78, 5) is 18.3. The summed E-state index contributed by atoms with van der Waals surface area (Å²) in [5.74, 6) is 6.17. The van der Waals surface area contributed by atoms with Gasteiger partial charge in [0.25, 0.3) is 5.91 Å². The Bertz CT molecular complexity index is 1200. The second kappa shape index (κ2) is 8.41. The maximum absolute atomic E-state index is 13.4. The number of carbonyl (C=O) groups excluding carboxylic acids is 1. The Balaban J connectivity index is 1.87. The maximum atomic E-state index is 13.4. The van der Waals surface area contributed by atoms with Crippen LogP contribution in [0.25, 0.3) is 0 Å². The number of aromatic hydroxyl groups is 1. The number of nitrogens with zero attached hydrogens (tertiary/aromatic N) is 2. The average molecular weight is 448 g/mol. The number of halogens is 1. The van der Waals surface area contributed by atoms with E-state index in [1.165, 1.54) is 10.6 Å². The number of rotatable bonds is 3. The number of hydrazine groups is 1. The fraction of sp³-hybridized carbons (Fsp3) is 0.231. The highest BCUT2D eigenvalue weighted by molar-refractivity contribution is 6.32. The quantitative estimate of drug-likeness (QED) is 0.437. The summed E-state index contributed by atoms with van der Waals surface area (Å²) in [6.07, 6.45) is 0.420. The van der Waals surface area contributed by atoms with Crippen molar-refractivity contribution < 1.29 is 9.90 Å². The molecule has 6 heteroatoms. The maximum Gasteiger partial charge on any atom is 0.266 e. The third kappa shape index (κ3) is 4.27. The number of nitrogens with two attached hydrogens (primary N) is 1. The molecule has 4 rings (SSSR count). The molecule has 32 heavy (non-hydrogen) atoms. The average Bonchev–Trinajstić information content (AvgIpc) is 2.84. The molecular formula is C26H26ClN3O2. The van der Waals surface area contributed by atoms with Crippen LogP contribution in [0.5, 0.6) is 5.75 Å². The molecule has 0 aromatic heterocycles. The molecule has 1 atom stereocenters. The molecule has 0 bridgehead atoms. The minimum Gasteiger partial charge on any atom is -0.508 e. The van der Waals surface area contributed by atoms with E-state index in [-0.39, 0.29) is 17.1 Å². The van der Waals surface area contributed by atoms with Gasteiger partial charge in [-0.05, 0) is 59.0 Å². The summed E-state index contributed by atoms with van der Waals surface area (Å²) in [5.41, 5.74) is 4.74. The van der Waals surface area contributed by atoms with Crippen molar-refractivity contribution in [3.63, 3.8) is 0 Å². The first-order valence-corrected chi connectivity index (χ1v) is 10.9. The lowest BCUT2D eigenvalue weighted by Gasteiger charge is -2.25. The molecular weight excluding hydrogens is 422 g/mol. The van der Waals surface area contributed by atoms with Crippen LogP contribution in [-0.2, 0) is 16.6 Å². The predicted molar refractivity (Wildman–Crippen MR) is 130 cm³/mol. The lowest BCUT2D eigenvalue weighted by molar-refractivity contribution is -0.119. The van der Waals surface area contributed by atoms with E-state index in [1.54, 1.807) is 42.5 Å². The summed E-state index contributed by atoms with van der Waals surface area (Å²) in [6.45, 7) is 6.46. The second-order valence-electron chi connectivity index (χ2n) is 9.02. The highest BCUT2D eigenvalue weighted by atomic mass is 35.5. The van der Waals surface area contributed by atoms with E-state index in [0.29, 0.717) is 28.4 Å². The molecule has 0 radical (unpaired) electrons. The van der Waals surface area contributed by atoms with Gasteiger partial charge in [0.15, 0.2) is 0 Å². The van der Waals surface area contributed by atoms with E-state index < -0.39 is 6.04 Å². The van der Waals surface area contributed by atoms with Gasteiger partial charge >= 0.3 is 0 Å². The number of phenols is 1. The van der Waals surface area contributed by atoms with E-state index in [4.69, 9.17) is 22.4 Å². The highest BCUT2D eigenvalue weighted by Gasteiger charge is 2.32. The van der Waals surface area contributed by atoms with Crippen molar-refractivity contribution in [1.29, 1.82) is 0 Å². The van der Waals surface area contributed by atoms with Crippen LogP contribution in [0.3, 0.4) is 0 Å². The molecule has 3 aromatic rings. The highest BCUT2D eigenvalue weighted by Crippen LogP contribution is 2.32. The number of fused-ring (bicyclic) bond motifs is 1. The Morgan fingerprint density at radius 2 is 1.75 bits per heavy atom. The van der Waals surface area contributed by atoms with Gasteiger partial charge in [-0.25, -0.2) is 10.9 Å². The Morgan fingerprint density at radius 1 is 1.06 bits per heavy atom. The van der Waals surface area contributed by atoms with Crippen molar-refractivity contribution in [3.05, 3.63) is 94.0 Å². The number of hydrogen-bond donors (Lipinski definition) is 2. The minimum absolute atomic E-state index is 0.0766. The molecule has 1 aliphatic rings. The number of carbonyl (C=O) groups is 1. The molecule has 1 aliphatic heterocycles. The fourth-order valence-corrected chi connectivity index (χ4v) is 4.26. The summed E-state index contributed by atoms with van der Waals surface area (Å²) < 4.78 is 0. The number of benzodiazepines with no additional fused rings is 1. The van der Waals surface area contributed by atoms with Gasteiger partial charge in [-0.3, -0.25) is 9.79 Å². The van der Waals surface area contributed by atoms with Gasteiger partial charge in [0.1, 0.15) is 11.8 Å². The van der Waals surface area contributed by atoms with E-state index in [2.05, 4.69) is 26.8 Å². The zero-order valence-electron chi connectivity index (χ0n) is 18.3. The standard InChI is InChI=1S/C26H26ClN3O2/c1-26(2,3)21-7-5-4-6-17(21)14-22-25(32)30(28)23-13-10-18(27)15-20(23)24(29-22)16-8-11-19(31)12-9-16/h4-13,15,22,31H,14,28H2,1-3H3. The first-order chi connectivity index (χ1) is 15.1. The van der Waals surface area contributed by atoms with Crippen LogP contribution in [0.2, 0.25) is 5.02 Å². The molecule has 3 N–H and O–H groups in total. The molecule has 1 unspecified atom stereocenters. The topological polar surface area (TPSA) is 78.9 Å². The molecule has 164 valence electrons. The van der Waals surface area contributed by atoms with Gasteiger partial charge in [-0.1, -0.05) is 56.6 Å². The predicted octanol–water partition coefficient (Wildman–Crippen LogP) is 5.01. The van der Waals surface area contributed by atoms with Gasteiger partial charge in [-0.15, -0.1) is 0 Å². The van der Waals surface area contributed by atoms with Crippen LogP contribution in [-0.4, -0.2) is 22.8 Å². The molecule has 0 aliphatic carbocycles. The SMILES string of the molecule is CC(C)(C)c1ccccc1CC1N=C(c2ccc(O)cc2)c2cc(Cl)ccc2N(N)C1=O. The van der Waals surface area contributed by atoms with E-state index in [0.717, 1.165) is 11.1 Å². The van der Waals surface area contributed by atoms with Crippen LogP contribution >= 0.6 is 11.6 Å². The number of phenolic OH excluding ortho intramolecular Hbond substituents is 1. The van der Waals surface area contributed by atoms with Crippen molar-refractivity contribution in [3.8, 4) is 5.75 Å². The zero-order chi connectivity index (χ0) is 23.0. The van der Waals surface area contributed by atoms with Gasteiger partial charge in [0, 0.05) is 22.6 Å². The minimum atomic E-state index is -0.710. The van der Waals surface area contributed by atoms with Crippen LogP contribution in [0.1, 0.15) is 43.0 Å². The molecule has 0 fully saturated rings. The Hall–Kier alpha value is -3.15. The molecule has 0 spiro atoms. The fourth-order valence-electron chi connectivity index (χ4n) is 4.09. The molecule has 0 saturated carbocycles. The Labute approximate surface area is 193 Å². The third-order valence-electron chi connectivity index (χ3n) is 5.66. The first-order valence-electron chi connectivity index (χ1n) is 10.5. The number of hydrogen-bond acceptors (Lipinski definition) is 4. The van der Waals surface area contributed by atoms with Crippen molar-refractivity contribution in [2.24, 2.45) is 10.8 Å². The smallest absolute Gasteiger partial charge is 0.266 e. The Kier molecular flexibility index (Phi) is 5.80. The van der Waals surface area contributed by atoms with Gasteiger partial charge in [-0.2, -0.15) is 0 Å². The molecule has 1 amide bonds. The lowest BCUT2D eigenvalue weighted by atomic mass is 9.82. The van der Waals surface area contributed by atoms with Crippen LogP contribution in [0.15, 0.2) is 71.7 Å². The van der Waals surface area contributed by atoms with Crippen LogP contribution in [0, 0.1) is 0 Å². The van der Waals surface area contributed by atoms with E-state index in [1.807, 2.05) is 18.2 Å². The summed E-state index contributed by atoms with van der Waals surface area (Å²) in [5, 5.41) is 11.4. The summed E-state index contributed by atoms with van der Waals surface area (Å²) in [6, 6.07) is 19.4. The third-order valence-corrected chi connectivity index (χ3v) is 5.90. The normalized spacial score (nSPS) is 16.4. The number of amides is 1. The number of anilines is 1. The number of benzene rings is 3. The first kappa shape index (κ1) is 22.1. The summed E-state index contributed by atoms with van der Waals surface area (Å²) >= 11 is 6.29. The molecule has 0 saturated heterocycles. The van der Waals surface area contributed by atoms with Crippen molar-refractivity contribution in [2.45, 2.75) is 38.6 Å². The number of aliphatic imine (C=N–C) groups is 1. The molecule has 1 heterocycles. The van der Waals surface area contributed by atoms with Crippen LogP contribution in [0.4, 0.5) is 5.69 Å². The zero-order valence-corrected chi connectivity index (χ0v) is 19.1. The van der Waals surface area contributed by atoms with Crippen molar-refractivity contribution in [2.75, 3.05) is 5.01 Å². The Morgan fingerprint density at radius 3 is 2.44 bits per heavy atom. The lowest BCUT2D eigenvalue weighted by Crippen LogP contribution is -2.44. The van der Waals surface area contributed by atoms with Crippen molar-refractivity contribution in [1.82, 2.24) is 0 Å². The monoisotopic (exact) mass is 447 g/mol. The van der Waals surface area contributed by atoms with Crippen LogP contribution < -0.4 is 10.9 Å². The molecule has 5 nitrogen and oxygen atoms in total. The summed E-state index contributed by atoms with van der Waals surface area (Å²) in [7, 11) is 0. The second-order valence-corrected chi connectivity index (χ2v) is 9.46. The van der Waals surface area contributed by atoms with Crippen molar-refractivity contribution >= 4 is 28.9 Å². The van der Waals surface area contributed by atoms with Gasteiger partial charge in [0.2, 0.25) is 0 Å². The van der Waals surface area contributed by atoms with E-state index >= 15 is 0 Å². The van der Waals surface area contributed by atoms with Gasteiger partial charge in [0.05, 0.1) is 11.4 Å². The van der Waals surface area contributed by atoms with Gasteiger partial charge < -0.3 is 5.11 Å².